The second-order valence-corrected chi connectivity index (χ2v) is 10.6. The molecular formula is C31H37N3O4. The maximum atomic E-state index is 12.9. The summed E-state index contributed by atoms with van der Waals surface area (Å²) in [6, 6.07) is 23.5. The van der Waals surface area contributed by atoms with Crippen molar-refractivity contribution >= 4 is 23.3 Å². The van der Waals surface area contributed by atoms with E-state index in [1.54, 1.807) is 12.1 Å². The highest BCUT2D eigenvalue weighted by atomic mass is 16.5. The number of anilines is 2. The second kappa shape index (κ2) is 12.1. The Labute approximate surface area is 225 Å². The normalized spacial score (nSPS) is 14.2. The topological polar surface area (TPSA) is 71.1 Å². The molecule has 0 saturated carbocycles. The molecule has 1 saturated heterocycles. The van der Waals surface area contributed by atoms with E-state index in [1.165, 1.54) is 18.2 Å². The Hall–Kier alpha value is -3.84. The fourth-order valence-electron chi connectivity index (χ4n) is 4.53. The Morgan fingerprint density at radius 3 is 2.21 bits per heavy atom. The van der Waals surface area contributed by atoms with E-state index in [4.69, 9.17) is 9.47 Å². The van der Waals surface area contributed by atoms with E-state index in [0.29, 0.717) is 17.0 Å². The summed E-state index contributed by atoms with van der Waals surface area (Å²) < 4.78 is 10.6. The molecule has 7 nitrogen and oxygen atoms in total. The van der Waals surface area contributed by atoms with Crippen molar-refractivity contribution in [3.8, 4) is 5.75 Å². The summed E-state index contributed by atoms with van der Waals surface area (Å²) in [4.78, 5) is 29.7. The van der Waals surface area contributed by atoms with Gasteiger partial charge in [-0.05, 0) is 46.9 Å². The zero-order chi connectivity index (χ0) is 27.1. The number of carbonyl (C=O) groups is 2. The molecular weight excluding hydrogens is 478 g/mol. The molecule has 3 aromatic rings. The number of benzene rings is 3. The van der Waals surface area contributed by atoms with E-state index in [2.05, 4.69) is 60.2 Å². The summed E-state index contributed by atoms with van der Waals surface area (Å²) in [7, 11) is 1.35. The highest BCUT2D eigenvalue weighted by Gasteiger charge is 2.22. The third-order valence-electron chi connectivity index (χ3n) is 6.74. The van der Waals surface area contributed by atoms with E-state index < -0.39 is 5.97 Å². The maximum Gasteiger partial charge on any atom is 0.337 e. The lowest BCUT2D eigenvalue weighted by atomic mass is 9.87. The first-order chi connectivity index (χ1) is 18.2. The first-order valence-corrected chi connectivity index (χ1v) is 13.0. The zero-order valence-electron chi connectivity index (χ0n) is 22.7. The number of esters is 1. The van der Waals surface area contributed by atoms with Crippen LogP contribution in [0.2, 0.25) is 0 Å². The van der Waals surface area contributed by atoms with Crippen LogP contribution in [0, 0.1) is 0 Å². The molecule has 1 N–H and O–H groups in total. The van der Waals surface area contributed by atoms with Crippen LogP contribution in [0.3, 0.4) is 0 Å². The van der Waals surface area contributed by atoms with E-state index in [9.17, 15) is 9.59 Å². The molecule has 1 aliphatic rings. The Balaban J connectivity index is 1.41. The van der Waals surface area contributed by atoms with Crippen LogP contribution in [0.25, 0.3) is 0 Å². The van der Waals surface area contributed by atoms with Gasteiger partial charge in [-0.1, -0.05) is 63.2 Å². The smallest absolute Gasteiger partial charge is 0.337 e. The van der Waals surface area contributed by atoms with E-state index in [-0.39, 0.29) is 17.9 Å². The van der Waals surface area contributed by atoms with Crippen LogP contribution < -0.4 is 15.0 Å². The zero-order valence-corrected chi connectivity index (χ0v) is 22.7. The number of piperazine rings is 1. The molecule has 0 atom stereocenters. The van der Waals surface area contributed by atoms with Gasteiger partial charge in [0.25, 0.3) is 5.91 Å². The number of carbonyl (C=O) groups excluding carboxylic acids is 2. The van der Waals surface area contributed by atoms with Crippen molar-refractivity contribution in [2.75, 3.05) is 50.1 Å². The van der Waals surface area contributed by atoms with Gasteiger partial charge in [0, 0.05) is 32.7 Å². The summed E-state index contributed by atoms with van der Waals surface area (Å²) in [5, 5.41) is 2.96. The molecule has 1 fully saturated rings. The molecule has 0 bridgehead atoms. The molecule has 7 heteroatoms. The molecule has 0 aromatic heterocycles. The van der Waals surface area contributed by atoms with E-state index in [0.717, 1.165) is 38.4 Å². The maximum absolute atomic E-state index is 12.9. The summed E-state index contributed by atoms with van der Waals surface area (Å²) in [5.74, 6) is -0.114. The lowest BCUT2D eigenvalue weighted by Crippen LogP contribution is -2.46. The van der Waals surface area contributed by atoms with Gasteiger partial charge in [0.2, 0.25) is 0 Å². The van der Waals surface area contributed by atoms with Gasteiger partial charge in [0.05, 0.1) is 24.0 Å². The van der Waals surface area contributed by atoms with Crippen molar-refractivity contribution in [1.82, 2.24) is 4.90 Å². The van der Waals surface area contributed by atoms with E-state index >= 15 is 0 Å². The van der Waals surface area contributed by atoms with Gasteiger partial charge in [0.15, 0.2) is 6.61 Å². The molecule has 1 heterocycles. The second-order valence-electron chi connectivity index (χ2n) is 10.6. The third kappa shape index (κ3) is 7.13. The van der Waals surface area contributed by atoms with Crippen molar-refractivity contribution in [3.63, 3.8) is 0 Å². The number of hydrogen-bond donors (Lipinski definition) is 1. The first-order valence-electron chi connectivity index (χ1n) is 13.0. The van der Waals surface area contributed by atoms with Gasteiger partial charge in [-0.25, -0.2) is 4.79 Å². The number of hydrogen-bond acceptors (Lipinski definition) is 6. The molecule has 1 amide bonds. The molecule has 0 radical (unpaired) electrons. The minimum absolute atomic E-state index is 0.0456. The van der Waals surface area contributed by atoms with Crippen LogP contribution in [0.5, 0.6) is 5.75 Å². The average Bonchev–Trinajstić information content (AvgIpc) is 2.92. The van der Waals surface area contributed by atoms with Crippen LogP contribution in [0.4, 0.5) is 11.4 Å². The third-order valence-corrected chi connectivity index (χ3v) is 6.74. The predicted octanol–water partition coefficient (Wildman–Crippen LogP) is 5.11. The number of ether oxygens (including phenoxy) is 2. The SMILES string of the molecule is COC(=O)c1ccc(N2CCN(Cc3ccccc3)CC2)c(NC(=O)COc2ccc(C(C)(C)C)cc2)c1. The summed E-state index contributed by atoms with van der Waals surface area (Å²) in [5.41, 5.74) is 4.37. The molecule has 0 unspecified atom stereocenters. The highest BCUT2D eigenvalue weighted by molar-refractivity contribution is 5.98. The number of amides is 1. The van der Waals surface area contributed by atoms with Gasteiger partial charge >= 0.3 is 5.97 Å². The summed E-state index contributed by atoms with van der Waals surface area (Å²) >= 11 is 0. The largest absolute Gasteiger partial charge is 0.484 e. The van der Waals surface area contributed by atoms with E-state index in [1.807, 2.05) is 36.4 Å². The van der Waals surface area contributed by atoms with Crippen molar-refractivity contribution in [1.29, 1.82) is 0 Å². The quantitative estimate of drug-likeness (QED) is 0.421. The van der Waals surface area contributed by atoms with Crippen molar-refractivity contribution < 1.29 is 19.1 Å². The first kappa shape index (κ1) is 27.2. The van der Waals surface area contributed by atoms with Crippen molar-refractivity contribution in [2.45, 2.75) is 32.7 Å². The van der Waals surface area contributed by atoms with Crippen LogP contribution in [0.15, 0.2) is 72.8 Å². The lowest BCUT2D eigenvalue weighted by molar-refractivity contribution is -0.118. The van der Waals surface area contributed by atoms with Crippen LogP contribution in [0.1, 0.15) is 42.3 Å². The molecule has 0 aliphatic carbocycles. The Morgan fingerprint density at radius 2 is 1.58 bits per heavy atom. The number of methoxy groups -OCH3 is 1. The van der Waals surface area contributed by atoms with Gasteiger partial charge in [-0.3, -0.25) is 9.69 Å². The minimum atomic E-state index is -0.449. The Bertz CT molecular complexity index is 1230. The lowest BCUT2D eigenvalue weighted by Gasteiger charge is -2.37. The average molecular weight is 516 g/mol. The number of nitrogens with zero attached hydrogens (tertiary/aromatic N) is 2. The van der Waals surface area contributed by atoms with Crippen molar-refractivity contribution in [3.05, 3.63) is 89.5 Å². The van der Waals surface area contributed by atoms with Gasteiger partial charge < -0.3 is 19.7 Å². The van der Waals surface area contributed by atoms with Crippen LogP contribution in [-0.2, 0) is 21.5 Å². The highest BCUT2D eigenvalue weighted by Crippen LogP contribution is 2.29. The van der Waals surface area contributed by atoms with Crippen molar-refractivity contribution in [2.24, 2.45) is 0 Å². The monoisotopic (exact) mass is 515 g/mol. The number of nitrogens with one attached hydrogen (secondary N) is 1. The van der Waals surface area contributed by atoms with Gasteiger partial charge in [-0.15, -0.1) is 0 Å². The minimum Gasteiger partial charge on any atom is -0.484 e. The fourth-order valence-corrected chi connectivity index (χ4v) is 4.53. The van der Waals surface area contributed by atoms with Crippen LogP contribution in [-0.4, -0.2) is 56.7 Å². The predicted molar refractivity (Wildman–Crippen MR) is 151 cm³/mol. The standard InChI is InChI=1S/C31H37N3O4/c1-31(2,3)25-11-13-26(14-12-25)38-22-29(35)32-27-20-24(30(36)37-4)10-15-28(27)34-18-16-33(17-19-34)21-23-8-6-5-7-9-23/h5-15,20H,16-19,21-22H2,1-4H3,(H,32,35). The number of rotatable bonds is 8. The van der Waals surface area contributed by atoms with Gasteiger partial charge in [-0.2, -0.15) is 0 Å². The molecule has 200 valence electrons. The molecule has 4 rings (SSSR count). The van der Waals surface area contributed by atoms with Crippen LogP contribution >= 0.6 is 0 Å². The Kier molecular flexibility index (Phi) is 8.69. The molecule has 38 heavy (non-hydrogen) atoms. The molecule has 0 spiro atoms. The summed E-state index contributed by atoms with van der Waals surface area (Å²) in [6.45, 7) is 10.6. The fraction of sp³-hybridized carbons (Fsp3) is 0.355. The Morgan fingerprint density at radius 1 is 0.895 bits per heavy atom. The summed E-state index contributed by atoms with van der Waals surface area (Å²) in [6.07, 6.45) is 0. The van der Waals surface area contributed by atoms with Gasteiger partial charge in [0.1, 0.15) is 5.75 Å². The molecule has 1 aliphatic heterocycles. The molecule has 3 aromatic carbocycles.